The predicted octanol–water partition coefficient (Wildman–Crippen LogP) is 1.71. The van der Waals surface area contributed by atoms with Gasteiger partial charge in [-0.15, -0.1) is 0 Å². The molecule has 3 rings (SSSR count). The molecule has 0 atom stereocenters. The van der Waals surface area contributed by atoms with Gasteiger partial charge in [0.2, 0.25) is 11.9 Å². The van der Waals surface area contributed by atoms with Crippen LogP contribution in [0.4, 0.5) is 5.95 Å². The first kappa shape index (κ1) is 18.3. The van der Waals surface area contributed by atoms with Crippen LogP contribution in [0.25, 0.3) is 0 Å². The average Bonchev–Trinajstić information content (AvgIpc) is 2.69. The topological polar surface area (TPSA) is 78.4 Å². The van der Waals surface area contributed by atoms with E-state index in [0.29, 0.717) is 44.2 Å². The zero-order chi connectivity index (χ0) is 18.4. The third kappa shape index (κ3) is 4.57. The van der Waals surface area contributed by atoms with Gasteiger partial charge in [-0.25, -0.2) is 9.97 Å². The van der Waals surface area contributed by atoms with Gasteiger partial charge in [0.05, 0.1) is 5.56 Å². The first-order valence-corrected chi connectivity index (χ1v) is 9.27. The minimum atomic E-state index is -0.184. The predicted molar refractivity (Wildman–Crippen MR) is 102 cm³/mol. The molecule has 0 spiro atoms. The molecule has 0 radical (unpaired) electrons. The Bertz CT molecular complexity index is 763. The Labute approximate surface area is 160 Å². The number of hydrogen-bond acceptors (Lipinski definition) is 5. The summed E-state index contributed by atoms with van der Waals surface area (Å²) in [5.74, 6) is 0.558. The van der Waals surface area contributed by atoms with Crippen molar-refractivity contribution in [1.29, 1.82) is 0 Å². The Balaban J connectivity index is 1.42. The van der Waals surface area contributed by atoms with Gasteiger partial charge in [-0.1, -0.05) is 12.1 Å². The summed E-state index contributed by atoms with van der Waals surface area (Å²) in [6.07, 6.45) is 3.72. The monoisotopic (exact) mass is 417 g/mol. The van der Waals surface area contributed by atoms with Gasteiger partial charge in [-0.2, -0.15) is 0 Å². The van der Waals surface area contributed by atoms with E-state index in [2.05, 4.69) is 36.1 Å². The van der Waals surface area contributed by atoms with Crippen molar-refractivity contribution < 1.29 is 9.59 Å². The van der Waals surface area contributed by atoms with E-state index >= 15 is 0 Å². The quantitative estimate of drug-likeness (QED) is 0.800. The first-order chi connectivity index (χ1) is 12.6. The smallest absolute Gasteiger partial charge is 0.252 e. The van der Waals surface area contributed by atoms with E-state index in [-0.39, 0.29) is 18.2 Å². The zero-order valence-electron chi connectivity index (χ0n) is 14.3. The highest BCUT2D eigenvalue weighted by atomic mass is 79.9. The van der Waals surface area contributed by atoms with Crippen LogP contribution in [0.15, 0.2) is 47.2 Å². The van der Waals surface area contributed by atoms with E-state index in [9.17, 15) is 9.59 Å². The fraction of sp³-hybridized carbons (Fsp3) is 0.333. The summed E-state index contributed by atoms with van der Waals surface area (Å²) in [6, 6.07) is 9.00. The van der Waals surface area contributed by atoms with Crippen LogP contribution in [-0.4, -0.2) is 59.4 Å². The second-order valence-electron chi connectivity index (χ2n) is 5.90. The van der Waals surface area contributed by atoms with Crippen molar-refractivity contribution in [1.82, 2.24) is 20.2 Å². The molecule has 0 unspecified atom stereocenters. The van der Waals surface area contributed by atoms with Crippen LogP contribution >= 0.6 is 15.9 Å². The molecule has 0 saturated carbocycles. The number of rotatable bonds is 5. The van der Waals surface area contributed by atoms with Crippen molar-refractivity contribution in [3.63, 3.8) is 0 Å². The Morgan fingerprint density at radius 3 is 2.42 bits per heavy atom. The van der Waals surface area contributed by atoms with Gasteiger partial charge < -0.3 is 15.1 Å². The highest BCUT2D eigenvalue weighted by Crippen LogP contribution is 2.15. The average molecular weight is 418 g/mol. The van der Waals surface area contributed by atoms with E-state index in [1.54, 1.807) is 30.6 Å². The lowest BCUT2D eigenvalue weighted by Crippen LogP contribution is -2.49. The molecule has 0 aliphatic carbocycles. The summed E-state index contributed by atoms with van der Waals surface area (Å²) in [4.78, 5) is 36.8. The molecule has 26 heavy (non-hydrogen) atoms. The third-order valence-corrected chi connectivity index (χ3v) is 4.90. The van der Waals surface area contributed by atoms with Crippen molar-refractivity contribution in [3.05, 3.63) is 52.8 Å². The number of nitrogens with one attached hydrogen (secondary N) is 1. The maximum absolute atomic E-state index is 12.3. The summed E-state index contributed by atoms with van der Waals surface area (Å²) >= 11 is 3.35. The summed E-state index contributed by atoms with van der Waals surface area (Å²) in [7, 11) is 0. The summed E-state index contributed by atoms with van der Waals surface area (Å²) in [6.45, 7) is 3.00. The van der Waals surface area contributed by atoms with Crippen LogP contribution in [0, 0.1) is 0 Å². The van der Waals surface area contributed by atoms with Crippen molar-refractivity contribution in [2.75, 3.05) is 37.6 Å². The van der Waals surface area contributed by atoms with Crippen molar-refractivity contribution in [2.24, 2.45) is 0 Å². The highest BCUT2D eigenvalue weighted by molar-refractivity contribution is 9.10. The van der Waals surface area contributed by atoms with E-state index in [1.807, 2.05) is 17.0 Å². The Morgan fingerprint density at radius 1 is 1.04 bits per heavy atom. The normalized spacial score (nSPS) is 14.2. The minimum Gasteiger partial charge on any atom is -0.351 e. The molecule has 1 aromatic heterocycles. The lowest BCUT2D eigenvalue weighted by molar-refractivity contribution is -0.131. The largest absolute Gasteiger partial charge is 0.351 e. The van der Waals surface area contributed by atoms with Crippen LogP contribution in [0.1, 0.15) is 16.8 Å². The Morgan fingerprint density at radius 2 is 1.73 bits per heavy atom. The highest BCUT2D eigenvalue weighted by Gasteiger charge is 2.22. The molecule has 1 saturated heterocycles. The number of aromatic nitrogens is 2. The molecule has 8 heteroatoms. The van der Waals surface area contributed by atoms with Gasteiger partial charge in [0, 0.05) is 56.0 Å². The van der Waals surface area contributed by atoms with Crippen molar-refractivity contribution >= 4 is 33.7 Å². The molecular weight excluding hydrogens is 398 g/mol. The van der Waals surface area contributed by atoms with Crippen LogP contribution in [0.3, 0.4) is 0 Å². The zero-order valence-corrected chi connectivity index (χ0v) is 15.9. The Kier molecular flexibility index (Phi) is 6.17. The first-order valence-electron chi connectivity index (χ1n) is 8.47. The number of anilines is 1. The molecule has 2 heterocycles. The molecule has 1 fully saturated rings. The standard InChI is InChI=1S/C18H20BrN5O2/c19-15-5-2-1-4-14(15)17(26)20-9-6-16(25)23-10-12-24(13-11-23)18-21-7-3-8-22-18/h1-5,7-8H,6,9-13H2,(H,20,26). The van der Waals surface area contributed by atoms with Gasteiger partial charge in [0.1, 0.15) is 0 Å². The SMILES string of the molecule is O=C(NCCC(=O)N1CCN(c2ncccn2)CC1)c1ccccc1Br. The van der Waals surface area contributed by atoms with Gasteiger partial charge in [-0.05, 0) is 34.1 Å². The van der Waals surface area contributed by atoms with Crippen LogP contribution in [0.2, 0.25) is 0 Å². The third-order valence-electron chi connectivity index (χ3n) is 4.21. The van der Waals surface area contributed by atoms with E-state index < -0.39 is 0 Å². The lowest BCUT2D eigenvalue weighted by atomic mass is 10.2. The molecule has 1 N–H and O–H groups in total. The molecule has 2 amide bonds. The number of nitrogens with zero attached hydrogens (tertiary/aromatic N) is 4. The minimum absolute atomic E-state index is 0.0473. The summed E-state index contributed by atoms with van der Waals surface area (Å²) in [5, 5.41) is 2.80. The second-order valence-corrected chi connectivity index (χ2v) is 6.76. The van der Waals surface area contributed by atoms with Gasteiger partial charge in [-0.3, -0.25) is 9.59 Å². The maximum Gasteiger partial charge on any atom is 0.252 e. The molecule has 1 aliphatic rings. The number of carbonyl (C=O) groups excluding carboxylic acids is 2. The maximum atomic E-state index is 12.3. The number of carbonyl (C=O) groups is 2. The number of piperazine rings is 1. The molecule has 7 nitrogen and oxygen atoms in total. The van der Waals surface area contributed by atoms with E-state index in [1.165, 1.54) is 0 Å². The summed E-state index contributed by atoms with van der Waals surface area (Å²) in [5.41, 5.74) is 0.566. The number of halogens is 1. The number of amides is 2. The van der Waals surface area contributed by atoms with Crippen molar-refractivity contribution in [2.45, 2.75) is 6.42 Å². The Hall–Kier alpha value is -2.48. The molecule has 0 bridgehead atoms. The van der Waals surface area contributed by atoms with E-state index in [0.717, 1.165) is 4.47 Å². The van der Waals surface area contributed by atoms with Gasteiger partial charge in [0.15, 0.2) is 0 Å². The molecular formula is C18H20BrN5O2. The summed E-state index contributed by atoms with van der Waals surface area (Å²) < 4.78 is 0.739. The lowest BCUT2D eigenvalue weighted by Gasteiger charge is -2.34. The van der Waals surface area contributed by atoms with Crippen LogP contribution < -0.4 is 10.2 Å². The molecule has 2 aromatic rings. The van der Waals surface area contributed by atoms with E-state index in [4.69, 9.17) is 0 Å². The van der Waals surface area contributed by atoms with Crippen molar-refractivity contribution in [3.8, 4) is 0 Å². The second kappa shape index (κ2) is 8.75. The number of hydrogen-bond donors (Lipinski definition) is 1. The fourth-order valence-corrected chi connectivity index (χ4v) is 3.26. The fourth-order valence-electron chi connectivity index (χ4n) is 2.79. The van der Waals surface area contributed by atoms with Crippen LogP contribution in [0.5, 0.6) is 0 Å². The van der Waals surface area contributed by atoms with Gasteiger partial charge in [0.25, 0.3) is 5.91 Å². The molecule has 1 aromatic carbocycles. The van der Waals surface area contributed by atoms with Gasteiger partial charge >= 0.3 is 0 Å². The molecule has 136 valence electrons. The number of benzene rings is 1. The van der Waals surface area contributed by atoms with Crippen LogP contribution in [-0.2, 0) is 4.79 Å². The molecule has 1 aliphatic heterocycles.